The van der Waals surface area contributed by atoms with Crippen molar-refractivity contribution in [3.63, 3.8) is 0 Å². The predicted molar refractivity (Wildman–Crippen MR) is 95.9 cm³/mol. The molecule has 0 radical (unpaired) electrons. The van der Waals surface area contributed by atoms with Gasteiger partial charge in [0.05, 0.1) is 41.6 Å². The molecular weight excluding hydrogens is 469 g/mol. The Morgan fingerprint density at radius 1 is 1.25 bits per heavy atom. The highest BCUT2D eigenvalue weighted by Gasteiger charge is 2.34. The zero-order valence-corrected chi connectivity index (χ0v) is 17.0. The first-order valence-electron chi connectivity index (χ1n) is 6.72. The van der Waals surface area contributed by atoms with Crippen LogP contribution in [0, 0.1) is 6.92 Å². The van der Waals surface area contributed by atoms with Crippen LogP contribution in [0.4, 0.5) is 5.69 Å². The number of hydrogen-bond donors (Lipinski definition) is 0. The van der Waals surface area contributed by atoms with Crippen LogP contribution in [0.25, 0.3) is 0 Å². The minimum absolute atomic E-state index is 0.0471. The fourth-order valence-electron chi connectivity index (χ4n) is 2.36. The number of hydrogen-bond acceptors (Lipinski definition) is 6. The average Bonchev–Trinajstić information content (AvgIpc) is 2.58. The molecule has 0 saturated carbocycles. The summed E-state index contributed by atoms with van der Waals surface area (Å²) < 4.78 is 16.3. The van der Waals surface area contributed by atoms with Crippen LogP contribution in [0.1, 0.15) is 5.56 Å². The summed E-state index contributed by atoms with van der Waals surface area (Å²) in [6.45, 7) is 1.86. The molecule has 6 nitrogen and oxygen atoms in total. The average molecular weight is 484 g/mol. The third-order valence-electron chi connectivity index (χ3n) is 3.43. The molecule has 0 aliphatic carbocycles. The molecule has 0 amide bonds. The summed E-state index contributed by atoms with van der Waals surface area (Å²) in [7, 11) is 2.48. The Morgan fingerprint density at radius 2 is 1.88 bits per heavy atom. The standard InChI is InChI=1S/C15H14Br2ClNO5/c1-7-4-9(16)11(18)10(17)12(7)19-6-24-5-8(14(20)22-2)13(19)15(21)23-3/h4H,5-6H2,1-3H3. The van der Waals surface area contributed by atoms with E-state index in [0.29, 0.717) is 19.7 Å². The summed E-state index contributed by atoms with van der Waals surface area (Å²) in [6.07, 6.45) is 0. The molecule has 0 bridgehead atoms. The van der Waals surface area contributed by atoms with Gasteiger partial charge in [-0.3, -0.25) is 0 Å². The molecule has 0 spiro atoms. The Morgan fingerprint density at radius 3 is 2.46 bits per heavy atom. The molecule has 0 saturated heterocycles. The minimum Gasteiger partial charge on any atom is -0.466 e. The number of aryl methyl sites for hydroxylation is 1. The van der Waals surface area contributed by atoms with Gasteiger partial charge >= 0.3 is 11.9 Å². The first-order valence-corrected chi connectivity index (χ1v) is 8.69. The molecule has 0 unspecified atom stereocenters. The van der Waals surface area contributed by atoms with E-state index in [2.05, 4.69) is 31.9 Å². The third-order valence-corrected chi connectivity index (χ3v) is 5.68. The van der Waals surface area contributed by atoms with E-state index in [0.717, 1.165) is 5.56 Å². The van der Waals surface area contributed by atoms with Gasteiger partial charge in [-0.05, 0) is 50.4 Å². The van der Waals surface area contributed by atoms with Crippen molar-refractivity contribution in [1.82, 2.24) is 0 Å². The number of nitrogens with zero attached hydrogens (tertiary/aromatic N) is 1. The van der Waals surface area contributed by atoms with Gasteiger partial charge in [0.2, 0.25) is 0 Å². The van der Waals surface area contributed by atoms with Crippen LogP contribution in [-0.2, 0) is 23.8 Å². The van der Waals surface area contributed by atoms with E-state index < -0.39 is 11.9 Å². The van der Waals surface area contributed by atoms with E-state index in [4.69, 9.17) is 25.8 Å². The normalized spacial score (nSPS) is 14.7. The lowest BCUT2D eigenvalue weighted by molar-refractivity contribution is -0.140. The van der Waals surface area contributed by atoms with Gasteiger partial charge in [-0.1, -0.05) is 11.6 Å². The highest BCUT2D eigenvalue weighted by molar-refractivity contribution is 9.11. The first-order chi connectivity index (χ1) is 11.3. The lowest BCUT2D eigenvalue weighted by atomic mass is 10.1. The van der Waals surface area contributed by atoms with E-state index >= 15 is 0 Å². The molecule has 0 atom stereocenters. The SMILES string of the molecule is COC(=O)C1=C(C(=O)OC)N(c2c(C)cc(Br)c(Cl)c2Br)COC1. The number of anilines is 1. The molecule has 1 aromatic rings. The smallest absolute Gasteiger partial charge is 0.355 e. The van der Waals surface area contributed by atoms with Crippen molar-refractivity contribution in [2.75, 3.05) is 32.5 Å². The monoisotopic (exact) mass is 481 g/mol. The Bertz CT molecular complexity index is 735. The van der Waals surface area contributed by atoms with Gasteiger partial charge in [-0.2, -0.15) is 0 Å². The Labute approximate surface area is 160 Å². The zero-order valence-electron chi connectivity index (χ0n) is 13.1. The number of ether oxygens (including phenoxy) is 3. The number of rotatable bonds is 3. The van der Waals surface area contributed by atoms with Crippen LogP contribution in [0.5, 0.6) is 0 Å². The molecule has 130 valence electrons. The fraction of sp³-hybridized carbons (Fsp3) is 0.333. The van der Waals surface area contributed by atoms with Gasteiger partial charge in [0.25, 0.3) is 0 Å². The summed E-state index contributed by atoms with van der Waals surface area (Å²) >= 11 is 13.1. The van der Waals surface area contributed by atoms with E-state index in [1.165, 1.54) is 14.2 Å². The first kappa shape index (κ1) is 19.2. The Kier molecular flexibility index (Phi) is 6.30. The van der Waals surface area contributed by atoms with Crippen molar-refractivity contribution in [3.8, 4) is 0 Å². The van der Waals surface area contributed by atoms with Crippen LogP contribution in [0.15, 0.2) is 26.3 Å². The van der Waals surface area contributed by atoms with Crippen LogP contribution >= 0.6 is 43.5 Å². The maximum atomic E-state index is 12.3. The summed E-state index contributed by atoms with van der Waals surface area (Å²) in [4.78, 5) is 25.9. The maximum Gasteiger partial charge on any atom is 0.355 e. The fourth-order valence-corrected chi connectivity index (χ4v) is 4.05. The molecule has 1 aliphatic rings. The molecule has 24 heavy (non-hydrogen) atoms. The number of carbonyl (C=O) groups is 2. The molecule has 0 N–H and O–H groups in total. The van der Waals surface area contributed by atoms with Crippen molar-refractivity contribution in [1.29, 1.82) is 0 Å². The van der Waals surface area contributed by atoms with Gasteiger partial charge in [0.15, 0.2) is 0 Å². The second-order valence-corrected chi connectivity index (χ2v) is 6.89. The van der Waals surface area contributed by atoms with E-state index in [-0.39, 0.29) is 24.6 Å². The number of halogens is 3. The maximum absolute atomic E-state index is 12.3. The van der Waals surface area contributed by atoms with Crippen LogP contribution < -0.4 is 4.90 Å². The van der Waals surface area contributed by atoms with Crippen molar-refractivity contribution in [2.24, 2.45) is 0 Å². The van der Waals surface area contributed by atoms with Crippen molar-refractivity contribution in [2.45, 2.75) is 6.92 Å². The third kappa shape index (κ3) is 3.46. The number of carbonyl (C=O) groups excluding carboxylic acids is 2. The topological polar surface area (TPSA) is 65.1 Å². The van der Waals surface area contributed by atoms with Crippen LogP contribution in [-0.4, -0.2) is 39.5 Å². The van der Waals surface area contributed by atoms with Gasteiger partial charge < -0.3 is 19.1 Å². The predicted octanol–water partition coefficient (Wildman–Crippen LogP) is 3.57. The van der Waals surface area contributed by atoms with Crippen LogP contribution in [0.3, 0.4) is 0 Å². The minimum atomic E-state index is -0.663. The quantitative estimate of drug-likeness (QED) is 0.484. The highest BCUT2D eigenvalue weighted by Crippen LogP contribution is 2.42. The van der Waals surface area contributed by atoms with Crippen molar-refractivity contribution in [3.05, 3.63) is 36.9 Å². The molecule has 9 heteroatoms. The highest BCUT2D eigenvalue weighted by atomic mass is 79.9. The summed E-state index contributed by atoms with van der Waals surface area (Å²) in [5.74, 6) is -1.32. The number of benzene rings is 1. The molecule has 2 rings (SSSR count). The van der Waals surface area contributed by atoms with Gasteiger partial charge in [-0.25, -0.2) is 9.59 Å². The van der Waals surface area contributed by atoms with Crippen molar-refractivity contribution < 1.29 is 23.8 Å². The van der Waals surface area contributed by atoms with E-state index in [1.807, 2.05) is 13.0 Å². The van der Waals surface area contributed by atoms with Gasteiger partial charge in [0.1, 0.15) is 12.4 Å². The number of methoxy groups -OCH3 is 2. The lowest BCUT2D eigenvalue weighted by Crippen LogP contribution is -2.39. The van der Waals surface area contributed by atoms with Crippen LogP contribution in [0.2, 0.25) is 5.02 Å². The summed E-state index contributed by atoms with van der Waals surface area (Å²) in [5.41, 5.74) is 1.57. The Hall–Kier alpha value is -1.09. The number of esters is 2. The zero-order chi connectivity index (χ0) is 18.0. The van der Waals surface area contributed by atoms with Crippen molar-refractivity contribution >= 4 is 61.1 Å². The Balaban J connectivity index is 2.71. The van der Waals surface area contributed by atoms with Gasteiger partial charge in [-0.15, -0.1) is 0 Å². The molecular formula is C15H14Br2ClNO5. The summed E-state index contributed by atoms with van der Waals surface area (Å²) in [5, 5.41) is 0.435. The largest absolute Gasteiger partial charge is 0.466 e. The summed E-state index contributed by atoms with van der Waals surface area (Å²) in [6, 6.07) is 1.81. The molecule has 1 aliphatic heterocycles. The lowest BCUT2D eigenvalue weighted by Gasteiger charge is -2.33. The molecule has 0 fully saturated rings. The molecule has 1 aromatic carbocycles. The van der Waals surface area contributed by atoms with E-state index in [9.17, 15) is 9.59 Å². The van der Waals surface area contributed by atoms with Gasteiger partial charge in [0, 0.05) is 4.47 Å². The second-order valence-electron chi connectivity index (χ2n) is 4.87. The molecule has 1 heterocycles. The second kappa shape index (κ2) is 7.86. The van der Waals surface area contributed by atoms with E-state index in [1.54, 1.807) is 4.90 Å². The molecule has 0 aromatic heterocycles.